The minimum Gasteiger partial charge on any atom is -0.345 e. The van der Waals surface area contributed by atoms with Gasteiger partial charge in [-0.3, -0.25) is 0 Å². The van der Waals surface area contributed by atoms with Gasteiger partial charge in [0.2, 0.25) is 0 Å². The highest BCUT2D eigenvalue weighted by Crippen LogP contribution is 2.36. The average Bonchev–Trinajstić information content (AvgIpc) is 2.83. The summed E-state index contributed by atoms with van der Waals surface area (Å²) in [7, 11) is 2.02. The summed E-state index contributed by atoms with van der Waals surface area (Å²) in [6.45, 7) is 11.2. The largest absolute Gasteiger partial charge is 0.345 e. The Hall–Kier alpha value is -0.610. The molecule has 1 aliphatic heterocycles. The molecule has 20 heavy (non-hydrogen) atoms. The molecule has 0 spiro atoms. The lowest BCUT2D eigenvalue weighted by Gasteiger charge is -2.35. The van der Waals surface area contributed by atoms with Crippen LogP contribution < -0.4 is 10.2 Å². The molecular formula is C16H29N3S. The first-order valence-electron chi connectivity index (χ1n) is 7.88. The van der Waals surface area contributed by atoms with Gasteiger partial charge in [-0.25, -0.2) is 4.98 Å². The van der Waals surface area contributed by atoms with Gasteiger partial charge in [-0.05, 0) is 32.7 Å². The Morgan fingerprint density at radius 2 is 2.10 bits per heavy atom. The van der Waals surface area contributed by atoms with Crippen molar-refractivity contribution in [2.75, 3.05) is 18.5 Å². The second-order valence-electron chi connectivity index (χ2n) is 6.80. The van der Waals surface area contributed by atoms with Crippen LogP contribution in [0.1, 0.15) is 63.9 Å². The van der Waals surface area contributed by atoms with E-state index in [1.807, 2.05) is 18.4 Å². The first-order chi connectivity index (χ1) is 9.47. The molecule has 0 bridgehead atoms. The normalized spacial score (nSPS) is 20.4. The molecule has 1 N–H and O–H groups in total. The Morgan fingerprint density at radius 3 is 2.70 bits per heavy atom. The average molecular weight is 295 g/mol. The van der Waals surface area contributed by atoms with E-state index in [1.54, 1.807) is 0 Å². The van der Waals surface area contributed by atoms with E-state index in [1.165, 1.54) is 47.9 Å². The van der Waals surface area contributed by atoms with Crippen LogP contribution in [-0.4, -0.2) is 24.6 Å². The quantitative estimate of drug-likeness (QED) is 0.912. The Balaban J connectivity index is 2.32. The third-order valence-electron chi connectivity index (χ3n) is 4.08. The Labute approximate surface area is 127 Å². The van der Waals surface area contributed by atoms with Crippen LogP contribution in [0.2, 0.25) is 0 Å². The maximum absolute atomic E-state index is 5.03. The number of thiazole rings is 1. The lowest BCUT2D eigenvalue weighted by atomic mass is 9.91. The summed E-state index contributed by atoms with van der Waals surface area (Å²) in [6.07, 6.45) is 5.23. The fourth-order valence-corrected chi connectivity index (χ4v) is 4.39. The first kappa shape index (κ1) is 15.8. The molecule has 2 rings (SSSR count). The molecule has 114 valence electrons. The van der Waals surface area contributed by atoms with Crippen molar-refractivity contribution in [3.8, 4) is 0 Å². The van der Waals surface area contributed by atoms with Gasteiger partial charge in [-0.2, -0.15) is 0 Å². The van der Waals surface area contributed by atoms with Crippen molar-refractivity contribution >= 4 is 16.5 Å². The van der Waals surface area contributed by atoms with E-state index >= 15 is 0 Å². The number of piperidine rings is 1. The van der Waals surface area contributed by atoms with Crippen LogP contribution in [0.4, 0.5) is 5.13 Å². The van der Waals surface area contributed by atoms with Gasteiger partial charge in [0.05, 0.1) is 5.69 Å². The lowest BCUT2D eigenvalue weighted by molar-refractivity contribution is 0.448. The molecule has 1 fully saturated rings. The molecule has 0 aromatic carbocycles. The minimum absolute atomic E-state index is 0.123. The summed E-state index contributed by atoms with van der Waals surface area (Å²) in [6, 6.07) is 0.685. The van der Waals surface area contributed by atoms with Crippen LogP contribution in [-0.2, 0) is 12.0 Å². The number of aromatic nitrogens is 1. The standard InChI is InChI=1S/C16H29N3S/c1-6-12-9-7-8-10-19(12)15-18-14(16(2,3)4)13(20-15)11-17-5/h12,17H,6-11H2,1-5H3. The number of nitrogens with zero attached hydrogens (tertiary/aromatic N) is 2. The second kappa shape index (κ2) is 6.44. The van der Waals surface area contributed by atoms with Gasteiger partial charge in [0, 0.05) is 29.4 Å². The van der Waals surface area contributed by atoms with E-state index in [0.717, 1.165) is 6.54 Å². The monoisotopic (exact) mass is 295 g/mol. The zero-order valence-corrected chi connectivity index (χ0v) is 14.4. The van der Waals surface area contributed by atoms with Crippen molar-refractivity contribution < 1.29 is 0 Å². The molecule has 1 saturated heterocycles. The van der Waals surface area contributed by atoms with E-state index in [0.29, 0.717) is 6.04 Å². The summed E-state index contributed by atoms with van der Waals surface area (Å²) < 4.78 is 0. The fraction of sp³-hybridized carbons (Fsp3) is 0.812. The molecule has 1 aliphatic rings. The van der Waals surface area contributed by atoms with Crippen molar-refractivity contribution in [3.63, 3.8) is 0 Å². The third kappa shape index (κ3) is 3.34. The van der Waals surface area contributed by atoms with E-state index < -0.39 is 0 Å². The van der Waals surface area contributed by atoms with E-state index in [-0.39, 0.29) is 5.41 Å². The zero-order chi connectivity index (χ0) is 14.8. The molecule has 1 aromatic rings. The van der Waals surface area contributed by atoms with Crippen molar-refractivity contribution in [1.29, 1.82) is 0 Å². The van der Waals surface area contributed by atoms with Gasteiger partial charge in [0.1, 0.15) is 0 Å². The SMILES string of the molecule is CCC1CCCCN1c1nc(C(C)(C)C)c(CNC)s1. The van der Waals surface area contributed by atoms with Gasteiger partial charge >= 0.3 is 0 Å². The molecule has 1 unspecified atom stereocenters. The predicted octanol–water partition coefficient (Wildman–Crippen LogP) is 3.93. The molecule has 2 heterocycles. The van der Waals surface area contributed by atoms with Crippen LogP contribution in [0.25, 0.3) is 0 Å². The van der Waals surface area contributed by atoms with Gasteiger partial charge in [0.15, 0.2) is 5.13 Å². The zero-order valence-electron chi connectivity index (χ0n) is 13.6. The highest BCUT2D eigenvalue weighted by Gasteiger charge is 2.28. The molecule has 4 heteroatoms. The molecule has 1 atom stereocenters. The van der Waals surface area contributed by atoms with Gasteiger partial charge in [-0.1, -0.05) is 27.7 Å². The molecule has 0 aliphatic carbocycles. The first-order valence-corrected chi connectivity index (χ1v) is 8.70. The van der Waals surface area contributed by atoms with Gasteiger partial charge in [0.25, 0.3) is 0 Å². The van der Waals surface area contributed by atoms with Crippen molar-refractivity contribution in [3.05, 3.63) is 10.6 Å². The van der Waals surface area contributed by atoms with Crippen molar-refractivity contribution in [2.45, 2.75) is 71.4 Å². The molecule has 0 radical (unpaired) electrons. The van der Waals surface area contributed by atoms with Crippen LogP contribution in [0, 0.1) is 0 Å². The summed E-state index contributed by atoms with van der Waals surface area (Å²) in [5, 5.41) is 4.53. The van der Waals surface area contributed by atoms with Crippen LogP contribution in [0.15, 0.2) is 0 Å². The lowest BCUT2D eigenvalue weighted by Crippen LogP contribution is -2.39. The number of hydrogen-bond acceptors (Lipinski definition) is 4. The molecule has 0 amide bonds. The summed E-state index contributed by atoms with van der Waals surface area (Å²) in [5.74, 6) is 0. The summed E-state index contributed by atoms with van der Waals surface area (Å²) in [4.78, 5) is 8.98. The maximum atomic E-state index is 5.03. The Kier molecular flexibility index (Phi) is 5.08. The van der Waals surface area contributed by atoms with Gasteiger partial charge in [-0.15, -0.1) is 11.3 Å². The minimum atomic E-state index is 0.123. The van der Waals surface area contributed by atoms with E-state index in [2.05, 4.69) is 37.9 Å². The molecular weight excluding hydrogens is 266 g/mol. The number of anilines is 1. The second-order valence-corrected chi connectivity index (χ2v) is 7.86. The third-order valence-corrected chi connectivity index (χ3v) is 5.17. The highest BCUT2D eigenvalue weighted by atomic mass is 32.1. The molecule has 3 nitrogen and oxygen atoms in total. The maximum Gasteiger partial charge on any atom is 0.186 e. The van der Waals surface area contributed by atoms with Crippen molar-refractivity contribution in [2.24, 2.45) is 0 Å². The number of nitrogens with one attached hydrogen (secondary N) is 1. The Morgan fingerprint density at radius 1 is 1.35 bits per heavy atom. The number of hydrogen-bond donors (Lipinski definition) is 1. The highest BCUT2D eigenvalue weighted by molar-refractivity contribution is 7.15. The topological polar surface area (TPSA) is 28.2 Å². The molecule has 1 aromatic heterocycles. The summed E-state index contributed by atoms with van der Waals surface area (Å²) in [5.41, 5.74) is 1.39. The van der Waals surface area contributed by atoms with E-state index in [9.17, 15) is 0 Å². The molecule has 0 saturated carbocycles. The van der Waals surface area contributed by atoms with Crippen LogP contribution in [0.3, 0.4) is 0 Å². The summed E-state index contributed by atoms with van der Waals surface area (Å²) >= 11 is 1.89. The smallest absolute Gasteiger partial charge is 0.186 e. The predicted molar refractivity (Wildman–Crippen MR) is 88.9 cm³/mol. The van der Waals surface area contributed by atoms with Gasteiger partial charge < -0.3 is 10.2 Å². The Bertz CT molecular complexity index is 433. The van der Waals surface area contributed by atoms with Crippen LogP contribution in [0.5, 0.6) is 0 Å². The van der Waals surface area contributed by atoms with Crippen LogP contribution >= 0.6 is 11.3 Å². The van der Waals surface area contributed by atoms with E-state index in [4.69, 9.17) is 4.98 Å². The van der Waals surface area contributed by atoms with Crippen molar-refractivity contribution in [1.82, 2.24) is 10.3 Å². The number of rotatable bonds is 4. The fourth-order valence-electron chi connectivity index (χ4n) is 3.01.